The molecule has 4 nitrogen and oxygen atoms in total. The van der Waals surface area contributed by atoms with Gasteiger partial charge in [0.1, 0.15) is 16.6 Å². The third-order valence-electron chi connectivity index (χ3n) is 4.45. The van der Waals surface area contributed by atoms with Crippen molar-refractivity contribution in [2.45, 2.75) is 19.3 Å². The Morgan fingerprint density at radius 2 is 1.96 bits per heavy atom. The minimum absolute atomic E-state index is 0.0863. The van der Waals surface area contributed by atoms with Gasteiger partial charge in [0, 0.05) is 31.5 Å². The summed E-state index contributed by atoms with van der Waals surface area (Å²) in [5, 5.41) is 0.509. The number of carbonyl (C=O) groups is 1. The Bertz CT molecular complexity index is 716. The van der Waals surface area contributed by atoms with E-state index in [-0.39, 0.29) is 11.7 Å². The van der Waals surface area contributed by atoms with Crippen LogP contribution in [0.15, 0.2) is 42.7 Å². The van der Waals surface area contributed by atoms with Crippen LogP contribution in [0.3, 0.4) is 0 Å². The zero-order valence-electron chi connectivity index (χ0n) is 13.8. The highest BCUT2D eigenvalue weighted by Gasteiger charge is 2.23. The molecular weight excluding hydrogens is 343 g/mol. The predicted octanol–water partition coefficient (Wildman–Crippen LogP) is 3.73. The van der Waals surface area contributed by atoms with Crippen molar-refractivity contribution in [3.63, 3.8) is 0 Å². The first-order valence-electron chi connectivity index (χ1n) is 8.36. The molecule has 0 bridgehead atoms. The number of ether oxygens (including phenoxy) is 1. The number of pyridine rings is 1. The summed E-state index contributed by atoms with van der Waals surface area (Å²) in [5.74, 6) is 0.847. The Kier molecular flexibility index (Phi) is 5.87. The molecule has 1 fully saturated rings. The fourth-order valence-corrected chi connectivity index (χ4v) is 3.10. The second kappa shape index (κ2) is 8.30. The molecule has 1 aliphatic rings. The molecule has 6 heteroatoms. The van der Waals surface area contributed by atoms with E-state index in [1.54, 1.807) is 30.6 Å². The molecule has 25 heavy (non-hydrogen) atoms. The van der Waals surface area contributed by atoms with Crippen LogP contribution < -0.4 is 4.74 Å². The number of rotatable bonds is 5. The highest BCUT2D eigenvalue weighted by atomic mass is 35.5. The molecule has 1 aliphatic heterocycles. The lowest BCUT2D eigenvalue weighted by atomic mass is 9.97. The van der Waals surface area contributed by atoms with Crippen LogP contribution in [0.2, 0.25) is 5.02 Å². The van der Waals surface area contributed by atoms with Crippen molar-refractivity contribution in [1.29, 1.82) is 0 Å². The van der Waals surface area contributed by atoms with E-state index in [1.165, 1.54) is 12.1 Å². The first kappa shape index (κ1) is 17.7. The van der Waals surface area contributed by atoms with Crippen LogP contribution in [-0.2, 0) is 11.2 Å². The van der Waals surface area contributed by atoms with Crippen molar-refractivity contribution in [2.75, 3.05) is 19.7 Å². The number of hydrogen-bond acceptors (Lipinski definition) is 3. The van der Waals surface area contributed by atoms with Crippen LogP contribution in [0.1, 0.15) is 18.4 Å². The van der Waals surface area contributed by atoms with Crippen LogP contribution in [0.4, 0.5) is 4.39 Å². The highest BCUT2D eigenvalue weighted by molar-refractivity contribution is 6.31. The van der Waals surface area contributed by atoms with Gasteiger partial charge in [0.2, 0.25) is 5.91 Å². The summed E-state index contributed by atoms with van der Waals surface area (Å²) in [6.07, 6.45) is 5.33. The molecule has 2 heterocycles. The third-order valence-corrected chi connectivity index (χ3v) is 4.73. The standard InChI is InChI=1S/C19H20ClFN2O2/c20-17-12-22-8-5-18(17)25-13-15-6-9-23(10-7-15)19(24)11-14-1-3-16(21)4-2-14/h1-5,8,12,15H,6-7,9-11,13H2. The summed E-state index contributed by atoms with van der Waals surface area (Å²) in [6, 6.07) is 7.84. The molecule has 0 N–H and O–H groups in total. The maximum atomic E-state index is 12.9. The first-order chi connectivity index (χ1) is 12.1. The summed E-state index contributed by atoms with van der Waals surface area (Å²) in [6.45, 7) is 2.03. The molecule has 132 valence electrons. The Morgan fingerprint density at radius 1 is 1.24 bits per heavy atom. The molecular formula is C19H20ClFN2O2. The van der Waals surface area contributed by atoms with E-state index in [4.69, 9.17) is 16.3 Å². The monoisotopic (exact) mass is 362 g/mol. The van der Waals surface area contributed by atoms with Crippen LogP contribution >= 0.6 is 11.6 Å². The van der Waals surface area contributed by atoms with E-state index < -0.39 is 0 Å². The molecule has 1 aromatic heterocycles. The smallest absolute Gasteiger partial charge is 0.226 e. The fourth-order valence-electron chi connectivity index (χ4n) is 2.92. The van der Waals surface area contributed by atoms with E-state index in [1.807, 2.05) is 4.90 Å². The Labute approximate surface area is 151 Å². The minimum atomic E-state index is -0.286. The van der Waals surface area contributed by atoms with Crippen LogP contribution in [0, 0.1) is 11.7 Å². The van der Waals surface area contributed by atoms with Gasteiger partial charge in [-0.2, -0.15) is 0 Å². The minimum Gasteiger partial charge on any atom is -0.492 e. The van der Waals surface area contributed by atoms with Gasteiger partial charge in [-0.05, 0) is 36.5 Å². The van der Waals surface area contributed by atoms with Crippen molar-refractivity contribution in [3.8, 4) is 5.75 Å². The number of piperidine rings is 1. The number of likely N-dealkylation sites (tertiary alicyclic amines) is 1. The van der Waals surface area contributed by atoms with Gasteiger partial charge in [0.05, 0.1) is 13.0 Å². The molecule has 0 atom stereocenters. The zero-order chi connectivity index (χ0) is 17.6. The second-order valence-corrected chi connectivity index (χ2v) is 6.65. The summed E-state index contributed by atoms with van der Waals surface area (Å²) >= 11 is 6.03. The number of aromatic nitrogens is 1. The molecule has 1 saturated heterocycles. The van der Waals surface area contributed by atoms with E-state index in [2.05, 4.69) is 4.98 Å². The number of hydrogen-bond donors (Lipinski definition) is 0. The maximum Gasteiger partial charge on any atom is 0.226 e. The molecule has 0 radical (unpaired) electrons. The maximum absolute atomic E-state index is 12.9. The number of carbonyl (C=O) groups excluding carboxylic acids is 1. The molecule has 0 spiro atoms. The van der Waals surface area contributed by atoms with Gasteiger partial charge >= 0.3 is 0 Å². The van der Waals surface area contributed by atoms with Crippen molar-refractivity contribution >= 4 is 17.5 Å². The first-order valence-corrected chi connectivity index (χ1v) is 8.74. The average Bonchev–Trinajstić information content (AvgIpc) is 2.63. The molecule has 3 rings (SSSR count). The fraction of sp³-hybridized carbons (Fsp3) is 0.368. The van der Waals surface area contributed by atoms with Gasteiger partial charge < -0.3 is 9.64 Å². The topological polar surface area (TPSA) is 42.4 Å². The number of amides is 1. The van der Waals surface area contributed by atoms with Crippen LogP contribution in [0.5, 0.6) is 5.75 Å². The van der Waals surface area contributed by atoms with Gasteiger partial charge in [-0.15, -0.1) is 0 Å². The Balaban J connectivity index is 1.44. The van der Waals surface area contributed by atoms with E-state index in [9.17, 15) is 9.18 Å². The molecule has 1 amide bonds. The number of halogens is 2. The predicted molar refractivity (Wildman–Crippen MR) is 94.2 cm³/mol. The highest BCUT2D eigenvalue weighted by Crippen LogP contribution is 2.25. The van der Waals surface area contributed by atoms with E-state index in [0.717, 1.165) is 31.5 Å². The SMILES string of the molecule is O=C(Cc1ccc(F)cc1)N1CCC(COc2ccncc2Cl)CC1. The Hall–Kier alpha value is -2.14. The van der Waals surface area contributed by atoms with Gasteiger partial charge in [0.15, 0.2) is 0 Å². The van der Waals surface area contributed by atoms with Crippen molar-refractivity contribution < 1.29 is 13.9 Å². The quantitative estimate of drug-likeness (QED) is 0.813. The molecule has 2 aromatic rings. The third kappa shape index (κ3) is 4.92. The summed E-state index contributed by atoms with van der Waals surface area (Å²) in [4.78, 5) is 18.2. The molecule has 1 aromatic carbocycles. The summed E-state index contributed by atoms with van der Waals surface area (Å²) in [7, 11) is 0. The van der Waals surface area contributed by atoms with Gasteiger partial charge in [-0.1, -0.05) is 23.7 Å². The van der Waals surface area contributed by atoms with Gasteiger partial charge in [0.25, 0.3) is 0 Å². The summed E-state index contributed by atoms with van der Waals surface area (Å²) in [5.41, 5.74) is 0.837. The lowest BCUT2D eigenvalue weighted by Gasteiger charge is -2.32. The lowest BCUT2D eigenvalue weighted by Crippen LogP contribution is -2.40. The lowest BCUT2D eigenvalue weighted by molar-refractivity contribution is -0.132. The number of benzene rings is 1. The second-order valence-electron chi connectivity index (χ2n) is 6.24. The molecule has 0 unspecified atom stereocenters. The zero-order valence-corrected chi connectivity index (χ0v) is 14.6. The van der Waals surface area contributed by atoms with Crippen molar-refractivity contribution in [3.05, 3.63) is 59.1 Å². The van der Waals surface area contributed by atoms with Gasteiger partial charge in [-0.3, -0.25) is 9.78 Å². The largest absolute Gasteiger partial charge is 0.492 e. The van der Waals surface area contributed by atoms with E-state index in [0.29, 0.717) is 29.7 Å². The van der Waals surface area contributed by atoms with Gasteiger partial charge in [-0.25, -0.2) is 4.39 Å². The van der Waals surface area contributed by atoms with Crippen LogP contribution in [-0.4, -0.2) is 35.5 Å². The van der Waals surface area contributed by atoms with E-state index >= 15 is 0 Å². The number of nitrogens with zero attached hydrogens (tertiary/aromatic N) is 2. The van der Waals surface area contributed by atoms with Crippen molar-refractivity contribution in [2.24, 2.45) is 5.92 Å². The van der Waals surface area contributed by atoms with Crippen molar-refractivity contribution in [1.82, 2.24) is 9.88 Å². The molecule has 0 saturated carbocycles. The average molecular weight is 363 g/mol. The van der Waals surface area contributed by atoms with Crippen LogP contribution in [0.25, 0.3) is 0 Å². The normalized spacial score (nSPS) is 15.2. The summed E-state index contributed by atoms with van der Waals surface area (Å²) < 4.78 is 18.7. The Morgan fingerprint density at radius 3 is 2.64 bits per heavy atom. The molecule has 0 aliphatic carbocycles.